The van der Waals surface area contributed by atoms with E-state index in [1.54, 1.807) is 34.9 Å². The Morgan fingerprint density at radius 2 is 2.14 bits per heavy atom. The first kappa shape index (κ1) is 13.7. The first-order chi connectivity index (χ1) is 10.1. The fourth-order valence-corrected chi connectivity index (χ4v) is 2.36. The predicted octanol–water partition coefficient (Wildman–Crippen LogP) is 3.85. The van der Waals surface area contributed by atoms with Crippen molar-refractivity contribution in [3.8, 4) is 11.3 Å². The summed E-state index contributed by atoms with van der Waals surface area (Å²) in [7, 11) is 0. The lowest BCUT2D eigenvalue weighted by Gasteiger charge is -2.01. The van der Waals surface area contributed by atoms with Crippen molar-refractivity contribution in [3.05, 3.63) is 57.6 Å². The standard InChI is InChI=1S/C15H12ClN3O2/c1-9-6-11(2-3-12(9)16)14-15(18-21)19-5-4-10(8-20)7-13(19)17-14/h2-7,20H,8H2,1H3. The molecule has 0 saturated carbocycles. The van der Waals surface area contributed by atoms with Crippen LogP contribution in [0.1, 0.15) is 11.1 Å². The van der Waals surface area contributed by atoms with E-state index in [0.717, 1.165) is 16.7 Å². The molecule has 0 unspecified atom stereocenters. The average molecular weight is 302 g/mol. The molecule has 6 heteroatoms. The average Bonchev–Trinajstić information content (AvgIpc) is 2.87. The maximum absolute atomic E-state index is 11.2. The molecule has 3 aromatic rings. The Labute approximate surface area is 125 Å². The maximum Gasteiger partial charge on any atom is 0.209 e. The van der Waals surface area contributed by atoms with E-state index in [1.165, 1.54) is 0 Å². The molecule has 0 aliphatic heterocycles. The summed E-state index contributed by atoms with van der Waals surface area (Å²) in [6.07, 6.45) is 1.68. The van der Waals surface area contributed by atoms with Gasteiger partial charge in [0.05, 0.1) is 6.61 Å². The number of fused-ring (bicyclic) bond motifs is 1. The lowest BCUT2D eigenvalue weighted by Crippen LogP contribution is -1.88. The Morgan fingerprint density at radius 3 is 2.81 bits per heavy atom. The molecule has 0 aliphatic rings. The maximum atomic E-state index is 11.2. The zero-order valence-electron chi connectivity index (χ0n) is 11.2. The van der Waals surface area contributed by atoms with Gasteiger partial charge in [0.1, 0.15) is 11.3 Å². The number of imidazole rings is 1. The third-order valence-corrected chi connectivity index (χ3v) is 3.79. The van der Waals surface area contributed by atoms with Gasteiger partial charge in [-0.25, -0.2) is 4.98 Å². The van der Waals surface area contributed by atoms with Crippen LogP contribution in [0.5, 0.6) is 0 Å². The van der Waals surface area contributed by atoms with Gasteiger partial charge in [0.2, 0.25) is 5.82 Å². The first-order valence-corrected chi connectivity index (χ1v) is 6.73. The van der Waals surface area contributed by atoms with Crippen LogP contribution in [0.2, 0.25) is 5.02 Å². The smallest absolute Gasteiger partial charge is 0.209 e. The molecule has 0 atom stereocenters. The highest BCUT2D eigenvalue weighted by atomic mass is 35.5. The normalized spacial score (nSPS) is 11.0. The highest BCUT2D eigenvalue weighted by molar-refractivity contribution is 6.31. The zero-order valence-corrected chi connectivity index (χ0v) is 12.0. The molecule has 0 amide bonds. The third kappa shape index (κ3) is 2.30. The number of rotatable bonds is 3. The second-order valence-electron chi connectivity index (χ2n) is 4.76. The zero-order chi connectivity index (χ0) is 15.0. The van der Waals surface area contributed by atoms with Crippen LogP contribution < -0.4 is 0 Å². The van der Waals surface area contributed by atoms with Gasteiger partial charge in [0, 0.05) is 16.8 Å². The van der Waals surface area contributed by atoms with E-state index in [9.17, 15) is 10.0 Å². The van der Waals surface area contributed by atoms with Crippen molar-refractivity contribution in [1.29, 1.82) is 0 Å². The van der Waals surface area contributed by atoms with E-state index < -0.39 is 0 Å². The van der Waals surface area contributed by atoms with E-state index >= 15 is 0 Å². The molecule has 2 aromatic heterocycles. The number of aromatic nitrogens is 2. The van der Waals surface area contributed by atoms with Crippen LogP contribution in [-0.4, -0.2) is 14.5 Å². The van der Waals surface area contributed by atoms with E-state index in [0.29, 0.717) is 16.4 Å². The number of nitrogens with zero attached hydrogens (tertiary/aromatic N) is 3. The Morgan fingerprint density at radius 1 is 1.33 bits per heavy atom. The molecule has 5 nitrogen and oxygen atoms in total. The number of hydrogen-bond acceptors (Lipinski definition) is 4. The van der Waals surface area contributed by atoms with Crippen LogP contribution in [0.3, 0.4) is 0 Å². The van der Waals surface area contributed by atoms with Gasteiger partial charge in [-0.15, -0.1) is 4.91 Å². The molecule has 106 valence electrons. The van der Waals surface area contributed by atoms with Crippen LogP contribution in [0.4, 0.5) is 5.82 Å². The van der Waals surface area contributed by atoms with Gasteiger partial charge >= 0.3 is 0 Å². The molecule has 0 aliphatic carbocycles. The van der Waals surface area contributed by atoms with E-state index in [4.69, 9.17) is 11.6 Å². The first-order valence-electron chi connectivity index (χ1n) is 6.35. The summed E-state index contributed by atoms with van der Waals surface area (Å²) in [6.45, 7) is 1.81. The molecule has 0 saturated heterocycles. The van der Waals surface area contributed by atoms with Crippen LogP contribution >= 0.6 is 11.6 Å². The van der Waals surface area contributed by atoms with Crippen LogP contribution in [-0.2, 0) is 6.61 Å². The number of hydrogen-bond donors (Lipinski definition) is 1. The van der Waals surface area contributed by atoms with Crippen molar-refractivity contribution in [1.82, 2.24) is 9.38 Å². The molecule has 0 spiro atoms. The van der Waals surface area contributed by atoms with Gasteiger partial charge in [-0.1, -0.05) is 17.7 Å². The molecule has 1 aromatic carbocycles. The van der Waals surface area contributed by atoms with E-state index in [-0.39, 0.29) is 12.4 Å². The van der Waals surface area contributed by atoms with Gasteiger partial charge in [-0.2, -0.15) is 0 Å². The van der Waals surface area contributed by atoms with Crippen molar-refractivity contribution >= 4 is 23.1 Å². The Balaban J connectivity index is 2.25. The van der Waals surface area contributed by atoms with Gasteiger partial charge in [0.15, 0.2) is 0 Å². The van der Waals surface area contributed by atoms with Crippen LogP contribution in [0.25, 0.3) is 16.9 Å². The SMILES string of the molecule is Cc1cc(-c2nc3cc(CO)ccn3c2N=O)ccc1Cl. The quantitative estimate of drug-likeness (QED) is 0.747. The summed E-state index contributed by atoms with van der Waals surface area (Å²) in [5.41, 5.74) is 3.47. The third-order valence-electron chi connectivity index (χ3n) is 3.37. The van der Waals surface area contributed by atoms with Gasteiger partial charge in [-0.3, -0.25) is 4.40 Å². The lowest BCUT2D eigenvalue weighted by atomic mass is 10.1. The highest BCUT2D eigenvalue weighted by Gasteiger charge is 2.15. The Hall–Kier alpha value is -2.24. The molecule has 0 fully saturated rings. The number of benzene rings is 1. The molecule has 3 rings (SSSR count). The Kier molecular flexibility index (Phi) is 3.45. The second kappa shape index (κ2) is 5.27. The molecule has 0 bridgehead atoms. The molecule has 21 heavy (non-hydrogen) atoms. The largest absolute Gasteiger partial charge is 0.392 e. The van der Waals surface area contributed by atoms with Crippen molar-refractivity contribution in [3.63, 3.8) is 0 Å². The Bertz CT molecular complexity index is 842. The van der Waals surface area contributed by atoms with Gasteiger partial charge < -0.3 is 5.11 Å². The number of pyridine rings is 1. The van der Waals surface area contributed by atoms with Gasteiger partial charge in [-0.05, 0) is 47.5 Å². The van der Waals surface area contributed by atoms with Crippen molar-refractivity contribution in [2.24, 2.45) is 5.18 Å². The van der Waals surface area contributed by atoms with Crippen LogP contribution in [0.15, 0.2) is 41.7 Å². The van der Waals surface area contributed by atoms with Crippen LogP contribution in [0, 0.1) is 11.8 Å². The number of aliphatic hydroxyl groups excluding tert-OH is 1. The summed E-state index contributed by atoms with van der Waals surface area (Å²) < 4.78 is 1.60. The summed E-state index contributed by atoms with van der Waals surface area (Å²) in [5.74, 6) is 0.233. The van der Waals surface area contributed by atoms with Crippen molar-refractivity contribution in [2.45, 2.75) is 13.5 Å². The number of halogens is 1. The summed E-state index contributed by atoms with van der Waals surface area (Å²) in [5, 5.41) is 12.9. The van der Waals surface area contributed by atoms with Crippen molar-refractivity contribution in [2.75, 3.05) is 0 Å². The number of aryl methyl sites for hydroxylation is 1. The fourth-order valence-electron chi connectivity index (χ4n) is 2.25. The molecule has 1 N–H and O–H groups in total. The molecular weight excluding hydrogens is 290 g/mol. The van der Waals surface area contributed by atoms with E-state index in [2.05, 4.69) is 10.2 Å². The molecule has 0 radical (unpaired) electrons. The minimum absolute atomic E-state index is 0.0808. The minimum Gasteiger partial charge on any atom is -0.392 e. The summed E-state index contributed by atoms with van der Waals surface area (Å²) >= 11 is 6.02. The van der Waals surface area contributed by atoms with Crippen molar-refractivity contribution < 1.29 is 5.11 Å². The number of aliphatic hydroxyl groups is 1. The fraction of sp³-hybridized carbons (Fsp3) is 0.133. The van der Waals surface area contributed by atoms with Gasteiger partial charge in [0.25, 0.3) is 0 Å². The molecule has 2 heterocycles. The molecular formula is C15H12ClN3O2. The number of nitroso groups, excluding NO2 is 1. The monoisotopic (exact) mass is 301 g/mol. The topological polar surface area (TPSA) is 67.0 Å². The summed E-state index contributed by atoms with van der Waals surface area (Å²) in [4.78, 5) is 15.6. The van der Waals surface area contributed by atoms with E-state index in [1.807, 2.05) is 13.0 Å². The minimum atomic E-state index is -0.0808. The second-order valence-corrected chi connectivity index (χ2v) is 5.17. The lowest BCUT2D eigenvalue weighted by molar-refractivity contribution is 0.282. The highest BCUT2D eigenvalue weighted by Crippen LogP contribution is 2.32. The predicted molar refractivity (Wildman–Crippen MR) is 81.8 cm³/mol. The summed E-state index contributed by atoms with van der Waals surface area (Å²) in [6, 6.07) is 8.88.